The van der Waals surface area contributed by atoms with Crippen LogP contribution in [0.5, 0.6) is 0 Å². The van der Waals surface area contributed by atoms with E-state index in [9.17, 15) is 9.18 Å². The van der Waals surface area contributed by atoms with Gasteiger partial charge in [-0.2, -0.15) is 14.6 Å². The molecule has 0 spiro atoms. The quantitative estimate of drug-likeness (QED) is 0.233. The van der Waals surface area contributed by atoms with Crippen molar-refractivity contribution in [3.63, 3.8) is 0 Å². The van der Waals surface area contributed by atoms with Gasteiger partial charge in [-0.25, -0.2) is 14.5 Å². The molecule has 1 amide bonds. The van der Waals surface area contributed by atoms with Gasteiger partial charge in [-0.05, 0) is 37.2 Å². The molecule has 3 atom stereocenters. The Morgan fingerprint density at radius 1 is 1.29 bits per heavy atom. The fraction of sp³-hybridized carbons (Fsp3) is 0.320. The minimum atomic E-state index is -0.612. The molecule has 0 bridgehead atoms. The molecule has 7 rings (SSSR count). The molecule has 2 saturated carbocycles. The predicted molar refractivity (Wildman–Crippen MR) is 138 cm³/mol. The van der Waals surface area contributed by atoms with E-state index < -0.39 is 17.3 Å². The van der Waals surface area contributed by atoms with E-state index in [4.69, 9.17) is 17.0 Å². The summed E-state index contributed by atoms with van der Waals surface area (Å²) in [5, 5.41) is 21.1. The topological polar surface area (TPSA) is 140 Å². The highest BCUT2D eigenvalue weighted by molar-refractivity contribution is 6.33. The number of anilines is 2. The number of carbonyl (C=O) groups excluding carboxylic acids is 1. The molecule has 2 fully saturated rings. The second kappa shape index (κ2) is 8.42. The average molecular weight is 534 g/mol. The van der Waals surface area contributed by atoms with Gasteiger partial charge < -0.3 is 5.32 Å². The Morgan fingerprint density at radius 3 is 2.95 bits per heavy atom. The van der Waals surface area contributed by atoms with Gasteiger partial charge in [0.25, 0.3) is 0 Å². The molecular weight excluding hydrogens is 511 g/mol. The highest BCUT2D eigenvalue weighted by Crippen LogP contribution is 2.70. The van der Waals surface area contributed by atoms with E-state index in [2.05, 4.69) is 42.2 Å². The molecule has 4 N–H and O–H groups in total. The van der Waals surface area contributed by atoms with Crippen molar-refractivity contribution in [1.29, 1.82) is 0 Å². The molecule has 192 valence electrons. The molecule has 1 unspecified atom stereocenters. The predicted octanol–water partition coefficient (Wildman–Crippen LogP) is 1.79. The number of hydrogen-bond donors (Lipinski definition) is 3. The first kappa shape index (κ1) is 23.0. The summed E-state index contributed by atoms with van der Waals surface area (Å²) < 4.78 is 17.7. The second-order valence-corrected chi connectivity index (χ2v) is 10.5. The summed E-state index contributed by atoms with van der Waals surface area (Å²) in [6, 6.07) is 2.90. The Morgan fingerprint density at radius 2 is 2.16 bits per heavy atom. The van der Waals surface area contributed by atoms with Gasteiger partial charge >= 0.3 is 0 Å². The first-order valence-corrected chi connectivity index (χ1v) is 12.7. The zero-order valence-corrected chi connectivity index (χ0v) is 20.8. The van der Waals surface area contributed by atoms with Gasteiger partial charge in [0.1, 0.15) is 6.21 Å². The van der Waals surface area contributed by atoms with Crippen LogP contribution in [0.2, 0.25) is 5.02 Å². The smallest absolute Gasteiger partial charge is 0.235 e. The van der Waals surface area contributed by atoms with Gasteiger partial charge in [-0.15, -0.1) is 5.10 Å². The summed E-state index contributed by atoms with van der Waals surface area (Å²) in [4.78, 5) is 22.3. The van der Waals surface area contributed by atoms with Crippen LogP contribution in [-0.4, -0.2) is 47.7 Å². The third-order valence-corrected chi connectivity index (χ3v) is 7.96. The minimum absolute atomic E-state index is 0.0399. The van der Waals surface area contributed by atoms with E-state index in [0.29, 0.717) is 23.1 Å². The molecule has 0 aliphatic heterocycles. The zero-order valence-electron chi connectivity index (χ0n) is 20.1. The maximum absolute atomic E-state index is 14.2. The van der Waals surface area contributed by atoms with E-state index in [1.165, 1.54) is 37.5 Å². The summed E-state index contributed by atoms with van der Waals surface area (Å²) >= 11 is 6.32. The van der Waals surface area contributed by atoms with Crippen LogP contribution >= 0.6 is 11.6 Å². The maximum Gasteiger partial charge on any atom is 0.235 e. The van der Waals surface area contributed by atoms with Gasteiger partial charge in [-0.1, -0.05) is 11.6 Å². The van der Waals surface area contributed by atoms with E-state index >= 15 is 0 Å². The van der Waals surface area contributed by atoms with E-state index in [1.807, 2.05) is 10.9 Å². The number of hydrazone groups is 1. The van der Waals surface area contributed by atoms with Gasteiger partial charge in [0.05, 0.1) is 34.7 Å². The van der Waals surface area contributed by atoms with Crippen molar-refractivity contribution in [1.82, 2.24) is 29.4 Å². The normalized spacial score (nSPS) is 23.4. The highest BCUT2D eigenvalue weighted by atomic mass is 35.5. The molecule has 11 nitrogen and oxygen atoms in total. The first-order valence-electron chi connectivity index (χ1n) is 12.3. The molecule has 38 heavy (non-hydrogen) atoms. The summed E-state index contributed by atoms with van der Waals surface area (Å²) in [7, 11) is 0. The number of nitrogens with one attached hydrogen (secondary N) is 2. The van der Waals surface area contributed by atoms with Crippen LogP contribution in [-0.2, 0) is 16.8 Å². The number of aromatic nitrogens is 6. The summed E-state index contributed by atoms with van der Waals surface area (Å²) in [5.41, 5.74) is 5.59. The van der Waals surface area contributed by atoms with Gasteiger partial charge in [0.2, 0.25) is 11.9 Å². The number of fused-ring (bicyclic) bond motifs is 5. The Balaban J connectivity index is 1.23. The molecule has 3 aliphatic rings. The minimum Gasteiger partial charge on any atom is -0.324 e. The molecule has 0 radical (unpaired) electrons. The highest BCUT2D eigenvalue weighted by Gasteiger charge is 2.69. The third kappa shape index (κ3) is 3.58. The van der Waals surface area contributed by atoms with Crippen LogP contribution in [0.3, 0.4) is 0 Å². The zero-order chi connectivity index (χ0) is 26.0. The SMILES string of the molecule is [NH2+]=C/C=N\Nc1ncc(NC(=O)[C@@H]2c3cnc4cc(F)nn4c3[C@]3(c4cnn(CC5CC5)c4)CC23)cc1Cl. The van der Waals surface area contributed by atoms with Crippen molar-refractivity contribution in [2.75, 3.05) is 10.7 Å². The number of nitrogens with two attached hydrogens (primary N) is 1. The Bertz CT molecular complexity index is 1640. The molecule has 4 aromatic rings. The summed E-state index contributed by atoms with van der Waals surface area (Å²) in [5.74, 6) is -0.383. The number of carbonyl (C=O) groups is 1. The first-order chi connectivity index (χ1) is 18.5. The lowest BCUT2D eigenvalue weighted by Gasteiger charge is -2.16. The van der Waals surface area contributed by atoms with Crippen LogP contribution in [0.25, 0.3) is 5.65 Å². The molecule has 4 heterocycles. The van der Waals surface area contributed by atoms with Crippen molar-refractivity contribution in [3.8, 4) is 0 Å². The van der Waals surface area contributed by atoms with Crippen molar-refractivity contribution in [2.24, 2.45) is 16.9 Å². The van der Waals surface area contributed by atoms with E-state index in [-0.39, 0.29) is 16.8 Å². The largest absolute Gasteiger partial charge is 0.324 e. The number of rotatable bonds is 8. The van der Waals surface area contributed by atoms with Crippen molar-refractivity contribution < 1.29 is 14.6 Å². The van der Waals surface area contributed by atoms with Gasteiger partial charge in [0, 0.05) is 41.5 Å². The van der Waals surface area contributed by atoms with Gasteiger partial charge in [-0.3, -0.25) is 20.3 Å². The molecule has 0 aromatic carbocycles. The standard InChI is InChI=1S/C25H22ClFN10O/c26-18-5-15(9-30-23(18)34-31-4-3-28)33-24(38)21-16-10-29-20-6-19(27)35-37(20)22(16)25(7-17(21)25)14-8-32-36(12-14)11-13-1-2-13/h3-6,8-10,12-13,17,21,28H,1-2,7,11H2,(H,30,34)(H,33,38)/p+1/b28-3?,31-4-/t17?,21-,25+/m1/s1. The lowest BCUT2D eigenvalue weighted by atomic mass is 9.95. The lowest BCUT2D eigenvalue weighted by Crippen LogP contribution is -2.30. The average Bonchev–Trinajstić information content (AvgIpc) is 3.71. The van der Waals surface area contributed by atoms with Crippen molar-refractivity contribution >= 4 is 47.1 Å². The second-order valence-electron chi connectivity index (χ2n) is 10.1. The van der Waals surface area contributed by atoms with Crippen LogP contribution in [0, 0.1) is 17.8 Å². The number of nitrogens with zero attached hydrogens (tertiary/aromatic N) is 7. The molecule has 4 aromatic heterocycles. The number of hydrogen-bond acceptors (Lipinski definition) is 7. The van der Waals surface area contributed by atoms with E-state index in [0.717, 1.165) is 29.8 Å². The molecule has 13 heteroatoms. The Labute approximate surface area is 220 Å². The number of amides is 1. The summed E-state index contributed by atoms with van der Waals surface area (Å²) in [6.45, 7) is 0.883. The lowest BCUT2D eigenvalue weighted by molar-refractivity contribution is -0.118. The maximum atomic E-state index is 14.2. The van der Waals surface area contributed by atoms with Crippen molar-refractivity contribution in [2.45, 2.75) is 37.1 Å². The number of halogens is 2. The summed E-state index contributed by atoms with van der Waals surface area (Å²) in [6.07, 6.45) is 12.9. The Hall–Kier alpha value is -4.19. The fourth-order valence-corrected chi connectivity index (χ4v) is 5.98. The fourth-order valence-electron chi connectivity index (χ4n) is 5.77. The number of pyridine rings is 1. The molecular formula is C25H23ClFN10O+. The van der Waals surface area contributed by atoms with E-state index in [1.54, 1.807) is 16.8 Å². The van der Waals surface area contributed by atoms with Crippen LogP contribution in [0.4, 0.5) is 15.9 Å². The van der Waals surface area contributed by atoms with Crippen LogP contribution < -0.4 is 16.2 Å². The monoisotopic (exact) mass is 533 g/mol. The third-order valence-electron chi connectivity index (χ3n) is 7.67. The van der Waals surface area contributed by atoms with Crippen LogP contribution in [0.1, 0.15) is 42.0 Å². The van der Waals surface area contributed by atoms with Crippen molar-refractivity contribution in [3.05, 3.63) is 64.7 Å². The molecule has 3 aliphatic carbocycles. The molecule has 0 saturated heterocycles. The van der Waals surface area contributed by atoms with Crippen LogP contribution in [0.15, 0.2) is 42.0 Å². The van der Waals surface area contributed by atoms with Gasteiger partial charge in [0.15, 0.2) is 17.7 Å². The Kier molecular flexibility index (Phi) is 5.09.